The Hall–Kier alpha value is -3.60. The Kier molecular flexibility index (Phi) is 3.28. The van der Waals surface area contributed by atoms with Crippen molar-refractivity contribution < 1.29 is 19.8 Å². The Balaban J connectivity index is 2.09. The number of hydrogen-bond donors (Lipinski definition) is 3. The van der Waals surface area contributed by atoms with E-state index in [1.54, 1.807) is 12.1 Å². The molecule has 25 heavy (non-hydrogen) atoms. The van der Waals surface area contributed by atoms with Crippen LogP contribution in [0.5, 0.6) is 0 Å². The maximum absolute atomic E-state index is 12.5. The highest BCUT2D eigenvalue weighted by Gasteiger charge is 2.33. The van der Waals surface area contributed by atoms with Gasteiger partial charge in [0.1, 0.15) is 0 Å². The third-order valence-electron chi connectivity index (χ3n) is 4.22. The van der Waals surface area contributed by atoms with Crippen LogP contribution in [0.2, 0.25) is 0 Å². The molecule has 0 amide bonds. The molecule has 0 aliphatic heterocycles. The van der Waals surface area contributed by atoms with Crippen LogP contribution in [0.1, 0.15) is 5.56 Å². The van der Waals surface area contributed by atoms with Gasteiger partial charge in [0.25, 0.3) is 0 Å². The lowest BCUT2D eigenvalue weighted by molar-refractivity contribution is -0.117. The van der Waals surface area contributed by atoms with E-state index in [2.05, 4.69) is 4.98 Å². The van der Waals surface area contributed by atoms with E-state index in [1.807, 2.05) is 42.5 Å². The van der Waals surface area contributed by atoms with Gasteiger partial charge in [0, 0.05) is 22.5 Å². The fraction of sp³-hybridized carbons (Fsp3) is 0. The molecule has 0 unspecified atom stereocenters. The van der Waals surface area contributed by atoms with E-state index >= 15 is 0 Å². The molecule has 0 radical (unpaired) electrons. The highest BCUT2D eigenvalue weighted by molar-refractivity contribution is 6.38. The zero-order valence-corrected chi connectivity index (χ0v) is 13.0. The van der Waals surface area contributed by atoms with Crippen molar-refractivity contribution in [3.8, 4) is 11.3 Å². The topological polar surface area (TPSA) is 90.4 Å². The van der Waals surface area contributed by atoms with Crippen LogP contribution in [-0.2, 0) is 9.59 Å². The smallest absolute Gasteiger partial charge is 0.232 e. The minimum Gasteiger partial charge on any atom is -0.504 e. The molecule has 0 saturated carbocycles. The summed E-state index contributed by atoms with van der Waals surface area (Å²) >= 11 is 0. The minimum absolute atomic E-state index is 0.193. The Bertz CT molecular complexity index is 1090. The van der Waals surface area contributed by atoms with Crippen LogP contribution in [0.3, 0.4) is 0 Å². The number of rotatable bonds is 2. The lowest BCUT2D eigenvalue weighted by atomic mass is 9.90. The Morgan fingerprint density at radius 1 is 0.840 bits per heavy atom. The normalized spacial score (nSPS) is 15.0. The number of para-hydroxylation sites is 1. The molecule has 0 saturated heterocycles. The molecule has 0 atom stereocenters. The van der Waals surface area contributed by atoms with Crippen molar-refractivity contribution in [1.82, 2.24) is 4.98 Å². The first-order valence-corrected chi connectivity index (χ1v) is 7.67. The SMILES string of the molecule is O=C1C=C(O)C(=O)C(c2c(-c3ccccc3)[nH]c3ccccc23)=C1O. The van der Waals surface area contributed by atoms with E-state index in [1.165, 1.54) is 0 Å². The number of ketones is 2. The van der Waals surface area contributed by atoms with Gasteiger partial charge in [-0.1, -0.05) is 48.5 Å². The number of nitrogens with one attached hydrogen (secondary N) is 1. The van der Waals surface area contributed by atoms with Gasteiger partial charge in [-0.15, -0.1) is 0 Å². The van der Waals surface area contributed by atoms with E-state index in [0.29, 0.717) is 16.6 Å². The van der Waals surface area contributed by atoms with E-state index in [9.17, 15) is 19.8 Å². The number of aromatic amines is 1. The molecule has 1 heterocycles. The average molecular weight is 331 g/mol. The van der Waals surface area contributed by atoms with Gasteiger partial charge >= 0.3 is 0 Å². The molecule has 1 aliphatic carbocycles. The molecule has 0 fully saturated rings. The minimum atomic E-state index is -0.795. The van der Waals surface area contributed by atoms with Gasteiger partial charge in [-0.25, -0.2) is 0 Å². The number of aliphatic hydroxyl groups excluding tert-OH is 2. The predicted octanol–water partition coefficient (Wildman–Crippen LogP) is 3.70. The van der Waals surface area contributed by atoms with Crippen LogP contribution >= 0.6 is 0 Å². The number of H-pyrrole nitrogens is 1. The van der Waals surface area contributed by atoms with Crippen molar-refractivity contribution in [3.63, 3.8) is 0 Å². The first kappa shape index (κ1) is 15.0. The van der Waals surface area contributed by atoms with E-state index in [-0.39, 0.29) is 5.57 Å². The van der Waals surface area contributed by atoms with Gasteiger partial charge in [-0.3, -0.25) is 9.59 Å². The number of carbonyl (C=O) groups excluding carboxylic acids is 2. The van der Waals surface area contributed by atoms with Gasteiger partial charge < -0.3 is 15.2 Å². The molecular weight excluding hydrogens is 318 g/mol. The van der Waals surface area contributed by atoms with Crippen molar-refractivity contribution in [1.29, 1.82) is 0 Å². The molecule has 0 spiro atoms. The number of carbonyl (C=O) groups is 2. The highest BCUT2D eigenvalue weighted by atomic mass is 16.3. The summed E-state index contributed by atoms with van der Waals surface area (Å²) in [4.78, 5) is 27.7. The van der Waals surface area contributed by atoms with Crippen LogP contribution in [0, 0.1) is 0 Å². The first-order chi connectivity index (χ1) is 12.1. The van der Waals surface area contributed by atoms with Crippen molar-refractivity contribution >= 4 is 28.0 Å². The zero-order valence-electron chi connectivity index (χ0n) is 13.0. The van der Waals surface area contributed by atoms with Gasteiger partial charge in [-0.2, -0.15) is 0 Å². The quantitative estimate of drug-likeness (QED) is 0.625. The molecule has 122 valence electrons. The lowest BCUT2D eigenvalue weighted by Gasteiger charge is -2.14. The second kappa shape index (κ2) is 5.49. The van der Waals surface area contributed by atoms with Gasteiger partial charge in [0.05, 0.1) is 11.3 Å². The van der Waals surface area contributed by atoms with Crippen molar-refractivity contribution in [2.24, 2.45) is 0 Å². The van der Waals surface area contributed by atoms with Gasteiger partial charge in [0.15, 0.2) is 11.5 Å². The summed E-state index contributed by atoms with van der Waals surface area (Å²) in [5, 5.41) is 20.8. The summed E-state index contributed by atoms with van der Waals surface area (Å²) in [5.41, 5.74) is 2.35. The summed E-state index contributed by atoms with van der Waals surface area (Å²) < 4.78 is 0. The second-order valence-electron chi connectivity index (χ2n) is 5.73. The molecular formula is C20H13NO4. The molecule has 0 bridgehead atoms. The standard InChI is InChI=1S/C20H13NO4/c22-14-10-15(23)20(25)17(19(14)24)16-12-8-4-5-9-13(12)21-18(16)11-6-2-1-3-7-11/h1-10,21-22,25H. The molecule has 4 rings (SSSR count). The van der Waals surface area contributed by atoms with E-state index in [0.717, 1.165) is 17.2 Å². The van der Waals surface area contributed by atoms with Crippen molar-refractivity contribution in [3.05, 3.63) is 77.8 Å². The molecule has 1 aromatic heterocycles. The van der Waals surface area contributed by atoms with Crippen molar-refractivity contribution in [2.45, 2.75) is 0 Å². The maximum Gasteiger partial charge on any atom is 0.232 e. The summed E-state index contributed by atoms with van der Waals surface area (Å²) in [6.45, 7) is 0. The van der Waals surface area contributed by atoms with E-state index < -0.39 is 23.1 Å². The predicted molar refractivity (Wildman–Crippen MR) is 94.0 cm³/mol. The largest absolute Gasteiger partial charge is 0.504 e. The molecule has 1 aliphatic rings. The van der Waals surface area contributed by atoms with Crippen LogP contribution in [0.25, 0.3) is 27.7 Å². The number of aromatic nitrogens is 1. The van der Waals surface area contributed by atoms with Gasteiger partial charge in [-0.05, 0) is 11.6 Å². The molecule has 5 nitrogen and oxygen atoms in total. The third-order valence-corrected chi connectivity index (χ3v) is 4.22. The van der Waals surface area contributed by atoms with Crippen LogP contribution in [0.4, 0.5) is 0 Å². The second-order valence-corrected chi connectivity index (χ2v) is 5.73. The molecule has 5 heteroatoms. The summed E-state index contributed by atoms with van der Waals surface area (Å²) in [6, 6.07) is 16.6. The number of benzene rings is 2. The Labute approximate surface area is 142 Å². The van der Waals surface area contributed by atoms with Gasteiger partial charge in [0.2, 0.25) is 11.6 Å². The monoisotopic (exact) mass is 331 g/mol. The molecule has 3 N–H and O–H groups in total. The molecule has 2 aromatic carbocycles. The Morgan fingerprint density at radius 3 is 2.28 bits per heavy atom. The number of hydrogen-bond acceptors (Lipinski definition) is 4. The lowest BCUT2D eigenvalue weighted by Crippen LogP contribution is -2.18. The third kappa shape index (κ3) is 2.25. The fourth-order valence-electron chi connectivity index (χ4n) is 3.07. The van der Waals surface area contributed by atoms with E-state index in [4.69, 9.17) is 0 Å². The summed E-state index contributed by atoms with van der Waals surface area (Å²) in [7, 11) is 0. The maximum atomic E-state index is 12.5. The Morgan fingerprint density at radius 2 is 1.52 bits per heavy atom. The zero-order chi connectivity index (χ0) is 17.6. The highest BCUT2D eigenvalue weighted by Crippen LogP contribution is 2.38. The van der Waals surface area contributed by atoms with Crippen LogP contribution in [0.15, 0.2) is 72.2 Å². The number of Topliss-reactive ketones (excluding diaryl/α,β-unsaturated/α-hetero) is 1. The summed E-state index contributed by atoms with van der Waals surface area (Å²) in [5.74, 6) is -2.91. The number of allylic oxidation sites excluding steroid dienone is 2. The van der Waals surface area contributed by atoms with Crippen LogP contribution < -0.4 is 0 Å². The number of aliphatic hydroxyl groups is 2. The fourth-order valence-corrected chi connectivity index (χ4v) is 3.07. The van der Waals surface area contributed by atoms with Crippen molar-refractivity contribution in [2.75, 3.05) is 0 Å². The number of fused-ring (bicyclic) bond motifs is 1. The average Bonchev–Trinajstić information content (AvgIpc) is 3.01. The molecule has 3 aromatic rings. The first-order valence-electron chi connectivity index (χ1n) is 7.67. The van der Waals surface area contributed by atoms with Crippen LogP contribution in [-0.4, -0.2) is 26.8 Å². The summed E-state index contributed by atoms with van der Waals surface area (Å²) in [6.07, 6.45) is 0.734.